The zero-order chi connectivity index (χ0) is 29.6. The average molecular weight is 556 g/mol. The first-order chi connectivity index (χ1) is 19.4. The Morgan fingerprint density at radius 2 is 1.73 bits per heavy atom. The minimum atomic E-state index is -0.585. The molecule has 1 heterocycles. The normalized spacial score (nSPS) is 26.6. The summed E-state index contributed by atoms with van der Waals surface area (Å²) in [4.78, 5) is 28.2. The van der Waals surface area contributed by atoms with Crippen molar-refractivity contribution in [1.82, 2.24) is 5.32 Å². The zero-order valence-corrected chi connectivity index (χ0v) is 25.6. The molecule has 2 aromatic carbocycles. The van der Waals surface area contributed by atoms with Gasteiger partial charge in [-0.25, -0.2) is 4.79 Å². The third-order valence-electron chi connectivity index (χ3n) is 9.62. The van der Waals surface area contributed by atoms with Crippen molar-refractivity contribution < 1.29 is 19.4 Å². The second kappa shape index (κ2) is 11.5. The van der Waals surface area contributed by atoms with Gasteiger partial charge in [0.15, 0.2) is 5.78 Å². The second-order valence-corrected chi connectivity index (χ2v) is 13.2. The molecule has 0 amide bonds. The zero-order valence-electron chi connectivity index (χ0n) is 25.6. The number of hydrogen-bond donors (Lipinski definition) is 2. The molecule has 0 bridgehead atoms. The van der Waals surface area contributed by atoms with Crippen LogP contribution in [0, 0.1) is 38.5 Å². The number of rotatable bonds is 5. The molecule has 5 heteroatoms. The number of aromatic hydroxyl groups is 1. The van der Waals surface area contributed by atoms with E-state index in [4.69, 9.17) is 4.74 Å². The van der Waals surface area contributed by atoms with Crippen LogP contribution in [0.2, 0.25) is 0 Å². The highest BCUT2D eigenvalue weighted by atomic mass is 16.5. The summed E-state index contributed by atoms with van der Waals surface area (Å²) in [6.07, 6.45) is 3.99. The van der Waals surface area contributed by atoms with Crippen molar-refractivity contribution in [3.63, 3.8) is 0 Å². The summed E-state index contributed by atoms with van der Waals surface area (Å²) in [5.41, 5.74) is 8.32. The van der Waals surface area contributed by atoms with Gasteiger partial charge in [0.05, 0.1) is 5.57 Å². The topological polar surface area (TPSA) is 75.6 Å². The number of benzene rings is 2. The standard InChI is InChI=1S/C36H45NO4/c1-19(2)28-12-11-20(3)15-31(28)41-36(40)33-24(7)37-29-17-26(32-22(5)13-21(4)14-23(32)6)18-30(39)35(29)34(33)25-9-8-10-27(38)16-25/h8-10,13-14,16,19-20,26,28,31,34,37-38H,11-12,15,17-18H2,1-7H3/t20-,26?,28+,31-,34?/m1/s1. The Balaban J connectivity index is 1.54. The van der Waals surface area contributed by atoms with Gasteiger partial charge in [0.25, 0.3) is 0 Å². The van der Waals surface area contributed by atoms with E-state index in [2.05, 4.69) is 59.0 Å². The van der Waals surface area contributed by atoms with Crippen LogP contribution in [0.25, 0.3) is 0 Å². The van der Waals surface area contributed by atoms with Gasteiger partial charge in [-0.2, -0.15) is 0 Å². The summed E-state index contributed by atoms with van der Waals surface area (Å²) in [5.74, 6) is 0.515. The Bertz CT molecular complexity index is 1410. The van der Waals surface area contributed by atoms with E-state index in [0.29, 0.717) is 41.7 Å². The van der Waals surface area contributed by atoms with Crippen LogP contribution in [0.5, 0.6) is 5.75 Å². The van der Waals surface area contributed by atoms with Crippen molar-refractivity contribution in [3.05, 3.63) is 86.8 Å². The van der Waals surface area contributed by atoms with Crippen LogP contribution in [0.1, 0.15) is 99.5 Å². The van der Waals surface area contributed by atoms with E-state index >= 15 is 0 Å². The van der Waals surface area contributed by atoms with E-state index < -0.39 is 5.92 Å². The number of ketones is 1. The molecule has 2 unspecified atom stereocenters. The first-order valence-electron chi connectivity index (χ1n) is 15.3. The van der Waals surface area contributed by atoms with E-state index in [1.54, 1.807) is 18.2 Å². The summed E-state index contributed by atoms with van der Waals surface area (Å²) in [5, 5.41) is 13.9. The number of carbonyl (C=O) groups excluding carboxylic acids is 2. The lowest BCUT2D eigenvalue weighted by Crippen LogP contribution is -2.39. The van der Waals surface area contributed by atoms with Crippen molar-refractivity contribution in [2.45, 2.75) is 98.5 Å². The molecular weight excluding hydrogens is 510 g/mol. The van der Waals surface area contributed by atoms with Crippen LogP contribution >= 0.6 is 0 Å². The van der Waals surface area contributed by atoms with E-state index in [-0.39, 0.29) is 29.5 Å². The molecule has 41 heavy (non-hydrogen) atoms. The molecule has 1 saturated carbocycles. The number of Topliss-reactive ketones (excluding diaryl/α,β-unsaturated/α-hetero) is 1. The number of nitrogens with one attached hydrogen (secondary N) is 1. The van der Waals surface area contributed by atoms with Gasteiger partial charge in [0.1, 0.15) is 11.9 Å². The van der Waals surface area contributed by atoms with Crippen LogP contribution in [-0.4, -0.2) is 23.0 Å². The van der Waals surface area contributed by atoms with Crippen LogP contribution in [0.3, 0.4) is 0 Å². The lowest BCUT2D eigenvalue weighted by atomic mass is 9.70. The Morgan fingerprint density at radius 1 is 1.02 bits per heavy atom. The molecule has 0 saturated heterocycles. The Kier molecular flexibility index (Phi) is 8.18. The molecule has 0 spiro atoms. The summed E-state index contributed by atoms with van der Waals surface area (Å²) in [7, 11) is 0. The van der Waals surface area contributed by atoms with Gasteiger partial charge in [0.2, 0.25) is 0 Å². The van der Waals surface area contributed by atoms with E-state index in [9.17, 15) is 14.7 Å². The van der Waals surface area contributed by atoms with Gasteiger partial charge >= 0.3 is 5.97 Å². The third kappa shape index (κ3) is 5.73. The van der Waals surface area contributed by atoms with Gasteiger partial charge in [-0.15, -0.1) is 0 Å². The molecule has 3 aliphatic rings. The Morgan fingerprint density at radius 3 is 2.39 bits per heavy atom. The number of dihydropyridines is 1. The molecule has 5 atom stereocenters. The van der Waals surface area contributed by atoms with Gasteiger partial charge in [-0.1, -0.05) is 57.0 Å². The predicted octanol–water partition coefficient (Wildman–Crippen LogP) is 7.68. The number of carbonyl (C=O) groups is 2. The molecule has 2 aromatic rings. The predicted molar refractivity (Wildman–Crippen MR) is 163 cm³/mol. The number of phenols is 1. The van der Waals surface area contributed by atoms with Crippen molar-refractivity contribution >= 4 is 11.8 Å². The molecule has 2 aliphatic carbocycles. The highest BCUT2D eigenvalue weighted by Crippen LogP contribution is 2.47. The lowest BCUT2D eigenvalue weighted by molar-refractivity contribution is -0.151. The number of phenolic OH excluding ortho intramolecular Hbond substituents is 1. The molecule has 1 fully saturated rings. The average Bonchev–Trinajstić information content (AvgIpc) is 2.87. The quantitative estimate of drug-likeness (QED) is 0.370. The van der Waals surface area contributed by atoms with Gasteiger partial charge in [0, 0.05) is 29.3 Å². The minimum Gasteiger partial charge on any atom is -0.508 e. The van der Waals surface area contributed by atoms with Crippen molar-refractivity contribution in [1.29, 1.82) is 0 Å². The maximum atomic E-state index is 14.1. The van der Waals surface area contributed by atoms with Crippen LogP contribution in [-0.2, 0) is 14.3 Å². The third-order valence-corrected chi connectivity index (χ3v) is 9.62. The van der Waals surface area contributed by atoms with Crippen LogP contribution in [0.15, 0.2) is 58.9 Å². The highest BCUT2D eigenvalue weighted by Gasteiger charge is 2.43. The molecule has 0 radical (unpaired) electrons. The minimum absolute atomic E-state index is 0.0422. The molecule has 5 rings (SSSR count). The van der Waals surface area contributed by atoms with Crippen LogP contribution < -0.4 is 5.32 Å². The lowest BCUT2D eigenvalue weighted by Gasteiger charge is -2.39. The summed E-state index contributed by atoms with van der Waals surface area (Å²) < 4.78 is 6.34. The number of esters is 1. The van der Waals surface area contributed by atoms with E-state index in [1.807, 2.05) is 13.0 Å². The summed E-state index contributed by atoms with van der Waals surface area (Å²) >= 11 is 0. The van der Waals surface area contributed by atoms with Gasteiger partial charge in [-0.05, 0) is 105 Å². The van der Waals surface area contributed by atoms with Crippen LogP contribution in [0.4, 0.5) is 0 Å². The maximum absolute atomic E-state index is 14.1. The maximum Gasteiger partial charge on any atom is 0.337 e. The number of allylic oxidation sites excluding steroid dienone is 3. The molecule has 5 nitrogen and oxygen atoms in total. The van der Waals surface area contributed by atoms with Gasteiger partial charge in [-0.3, -0.25) is 4.79 Å². The molecular formula is C36H45NO4. The molecule has 0 aromatic heterocycles. The second-order valence-electron chi connectivity index (χ2n) is 13.2. The monoisotopic (exact) mass is 555 g/mol. The van der Waals surface area contributed by atoms with Crippen molar-refractivity contribution in [2.75, 3.05) is 0 Å². The van der Waals surface area contributed by atoms with E-state index in [1.165, 1.54) is 22.3 Å². The fraction of sp³-hybridized carbons (Fsp3) is 0.500. The van der Waals surface area contributed by atoms with Gasteiger partial charge < -0.3 is 15.2 Å². The first kappa shape index (κ1) is 29.2. The summed E-state index contributed by atoms with van der Waals surface area (Å²) in [6.45, 7) is 14.9. The fourth-order valence-corrected chi connectivity index (χ4v) is 7.84. The van der Waals surface area contributed by atoms with Crippen molar-refractivity contribution in [2.24, 2.45) is 17.8 Å². The summed E-state index contributed by atoms with van der Waals surface area (Å²) in [6, 6.07) is 11.3. The van der Waals surface area contributed by atoms with E-state index in [0.717, 1.165) is 36.2 Å². The highest BCUT2D eigenvalue weighted by molar-refractivity contribution is 6.04. The molecule has 218 valence electrons. The van der Waals surface area contributed by atoms with Crippen molar-refractivity contribution in [3.8, 4) is 5.75 Å². The Labute approximate surface area is 245 Å². The Hall–Kier alpha value is -3.34. The largest absolute Gasteiger partial charge is 0.508 e. The molecule has 1 aliphatic heterocycles. The molecule has 2 N–H and O–H groups in total. The smallest absolute Gasteiger partial charge is 0.337 e. The fourth-order valence-electron chi connectivity index (χ4n) is 7.84. The number of ether oxygens (including phenoxy) is 1. The number of aryl methyl sites for hydroxylation is 3. The number of hydrogen-bond acceptors (Lipinski definition) is 5. The first-order valence-corrected chi connectivity index (χ1v) is 15.3. The SMILES string of the molecule is CC1=C(C(=O)O[C@@H]2C[C@H](C)CC[C@H]2C(C)C)C(c2cccc(O)c2)C2=C(CC(c3c(C)cc(C)cc3C)CC2=O)N1.